The number of anilines is 1. The summed E-state index contributed by atoms with van der Waals surface area (Å²) in [5, 5.41) is 4.29. The lowest BCUT2D eigenvalue weighted by atomic mass is 10.1. The van der Waals surface area contributed by atoms with Crippen LogP contribution < -0.4 is 4.90 Å². The molecule has 0 saturated carbocycles. The van der Waals surface area contributed by atoms with E-state index >= 15 is 0 Å². The lowest BCUT2D eigenvalue weighted by Gasteiger charge is -2.33. The van der Waals surface area contributed by atoms with Crippen LogP contribution in [0.15, 0.2) is 4.60 Å². The summed E-state index contributed by atoms with van der Waals surface area (Å²) in [4.78, 5) is 14.3. The average molecular weight is 346 g/mol. The van der Waals surface area contributed by atoms with Gasteiger partial charge in [0.1, 0.15) is 16.0 Å². The number of hydrogen-bond donors (Lipinski definition) is 0. The van der Waals surface area contributed by atoms with Gasteiger partial charge in [0.2, 0.25) is 0 Å². The second-order valence-corrected chi connectivity index (χ2v) is 5.51. The number of aromatic nitrogens is 2. The van der Waals surface area contributed by atoms with Gasteiger partial charge in [-0.25, -0.2) is 4.79 Å². The van der Waals surface area contributed by atoms with Crippen molar-refractivity contribution in [2.45, 2.75) is 25.9 Å². The SMILES string of the molecule is CCOC(=O)c1c(Br)nn(C)c1N1CCC(OC)CC1. The molecule has 0 aliphatic carbocycles. The minimum absolute atomic E-state index is 0.300. The van der Waals surface area contributed by atoms with Crippen LogP contribution in [-0.2, 0) is 16.5 Å². The van der Waals surface area contributed by atoms with Crippen LogP contribution >= 0.6 is 15.9 Å². The summed E-state index contributed by atoms with van der Waals surface area (Å²) in [5.41, 5.74) is 0.505. The van der Waals surface area contributed by atoms with Gasteiger partial charge in [0.25, 0.3) is 0 Å². The van der Waals surface area contributed by atoms with Gasteiger partial charge in [-0.3, -0.25) is 4.68 Å². The van der Waals surface area contributed by atoms with Crippen molar-refractivity contribution in [1.82, 2.24) is 9.78 Å². The maximum absolute atomic E-state index is 12.1. The van der Waals surface area contributed by atoms with E-state index in [-0.39, 0.29) is 5.97 Å². The molecule has 112 valence electrons. The molecule has 1 aromatic rings. The van der Waals surface area contributed by atoms with Crippen LogP contribution in [0.25, 0.3) is 0 Å². The molecular formula is C13H20BrN3O3. The molecule has 1 aromatic heterocycles. The van der Waals surface area contributed by atoms with Gasteiger partial charge >= 0.3 is 5.97 Å². The molecule has 2 heterocycles. The quantitative estimate of drug-likeness (QED) is 0.781. The molecule has 1 saturated heterocycles. The first-order valence-corrected chi connectivity index (χ1v) is 7.55. The fraction of sp³-hybridized carbons (Fsp3) is 0.692. The molecule has 1 fully saturated rings. The fourth-order valence-electron chi connectivity index (χ4n) is 2.53. The molecule has 0 radical (unpaired) electrons. The fourth-order valence-corrected chi connectivity index (χ4v) is 3.11. The highest BCUT2D eigenvalue weighted by molar-refractivity contribution is 9.10. The number of aryl methyl sites for hydroxylation is 1. The maximum Gasteiger partial charge on any atom is 0.344 e. The first-order valence-electron chi connectivity index (χ1n) is 6.75. The molecule has 1 aliphatic heterocycles. The largest absolute Gasteiger partial charge is 0.462 e. The summed E-state index contributed by atoms with van der Waals surface area (Å²) >= 11 is 3.35. The van der Waals surface area contributed by atoms with Gasteiger partial charge in [0, 0.05) is 27.2 Å². The Morgan fingerprint density at radius 2 is 2.10 bits per heavy atom. The van der Waals surface area contributed by atoms with Crippen molar-refractivity contribution in [2.24, 2.45) is 7.05 Å². The van der Waals surface area contributed by atoms with Crippen molar-refractivity contribution in [3.63, 3.8) is 0 Å². The van der Waals surface area contributed by atoms with Crippen molar-refractivity contribution in [2.75, 3.05) is 31.7 Å². The molecule has 0 aromatic carbocycles. The predicted octanol–water partition coefficient (Wildman–Crippen LogP) is 1.97. The van der Waals surface area contributed by atoms with Crippen molar-refractivity contribution in [3.8, 4) is 0 Å². The molecule has 0 N–H and O–H groups in total. The van der Waals surface area contributed by atoms with Crippen molar-refractivity contribution in [3.05, 3.63) is 10.2 Å². The van der Waals surface area contributed by atoms with E-state index in [0.29, 0.717) is 22.9 Å². The molecule has 0 amide bonds. The molecule has 20 heavy (non-hydrogen) atoms. The summed E-state index contributed by atoms with van der Waals surface area (Å²) in [5.74, 6) is 0.473. The van der Waals surface area contributed by atoms with Crippen LogP contribution in [-0.4, -0.2) is 48.7 Å². The Hall–Kier alpha value is -1.08. The normalized spacial score (nSPS) is 16.5. The smallest absolute Gasteiger partial charge is 0.344 e. The molecule has 2 rings (SSSR count). The van der Waals surface area contributed by atoms with E-state index in [1.807, 2.05) is 7.05 Å². The van der Waals surface area contributed by atoms with E-state index in [9.17, 15) is 4.79 Å². The molecule has 7 heteroatoms. The van der Waals surface area contributed by atoms with Crippen LogP contribution in [0.1, 0.15) is 30.1 Å². The highest BCUT2D eigenvalue weighted by Gasteiger charge is 2.29. The first-order chi connectivity index (χ1) is 9.58. The number of nitrogens with zero attached hydrogens (tertiary/aromatic N) is 3. The zero-order valence-corrected chi connectivity index (χ0v) is 13.6. The minimum Gasteiger partial charge on any atom is -0.462 e. The highest BCUT2D eigenvalue weighted by atomic mass is 79.9. The number of esters is 1. The number of methoxy groups -OCH3 is 1. The van der Waals surface area contributed by atoms with Crippen molar-refractivity contribution in [1.29, 1.82) is 0 Å². The topological polar surface area (TPSA) is 56.6 Å². The van der Waals surface area contributed by atoms with Gasteiger partial charge < -0.3 is 14.4 Å². The Morgan fingerprint density at radius 3 is 2.65 bits per heavy atom. The number of carbonyl (C=O) groups is 1. The monoisotopic (exact) mass is 345 g/mol. The molecular weight excluding hydrogens is 326 g/mol. The Labute approximate surface area is 127 Å². The Kier molecular flexibility index (Phi) is 5.04. The van der Waals surface area contributed by atoms with Gasteiger partial charge in [-0.15, -0.1) is 0 Å². The second-order valence-electron chi connectivity index (χ2n) is 4.76. The van der Waals surface area contributed by atoms with Crippen LogP contribution in [0, 0.1) is 0 Å². The van der Waals surface area contributed by atoms with Gasteiger partial charge in [0.15, 0.2) is 0 Å². The zero-order valence-electron chi connectivity index (χ0n) is 12.1. The predicted molar refractivity (Wildman–Crippen MR) is 79.1 cm³/mol. The summed E-state index contributed by atoms with van der Waals surface area (Å²) in [7, 11) is 3.58. The summed E-state index contributed by atoms with van der Waals surface area (Å²) in [6.07, 6.45) is 2.19. The summed E-state index contributed by atoms with van der Waals surface area (Å²) < 4.78 is 12.8. The first kappa shape index (κ1) is 15.3. The third-order valence-corrected chi connectivity index (χ3v) is 4.08. The summed E-state index contributed by atoms with van der Waals surface area (Å²) in [6, 6.07) is 0. The van der Waals surface area contributed by atoms with Gasteiger partial charge in [0.05, 0.1) is 12.7 Å². The second kappa shape index (κ2) is 6.58. The van der Waals surface area contributed by atoms with Crippen LogP contribution in [0.4, 0.5) is 5.82 Å². The molecule has 0 bridgehead atoms. The van der Waals surface area contributed by atoms with E-state index in [1.165, 1.54) is 0 Å². The van der Waals surface area contributed by atoms with Crippen molar-refractivity contribution < 1.29 is 14.3 Å². The van der Waals surface area contributed by atoms with E-state index in [4.69, 9.17) is 9.47 Å². The van der Waals surface area contributed by atoms with Crippen LogP contribution in [0.2, 0.25) is 0 Å². The molecule has 0 unspecified atom stereocenters. The van der Waals surface area contributed by atoms with Gasteiger partial charge in [-0.2, -0.15) is 5.10 Å². The van der Waals surface area contributed by atoms with E-state index in [1.54, 1.807) is 18.7 Å². The molecule has 0 atom stereocenters. The van der Waals surface area contributed by atoms with Gasteiger partial charge in [-0.1, -0.05) is 0 Å². The van der Waals surface area contributed by atoms with E-state index in [2.05, 4.69) is 25.9 Å². The van der Waals surface area contributed by atoms with Crippen molar-refractivity contribution >= 4 is 27.7 Å². The van der Waals surface area contributed by atoms with Crippen LogP contribution in [0.5, 0.6) is 0 Å². The standard InChI is InChI=1S/C13H20BrN3O3/c1-4-20-13(18)10-11(14)15-16(2)12(10)17-7-5-9(19-3)6-8-17/h9H,4-8H2,1-3H3. The van der Waals surface area contributed by atoms with Crippen LogP contribution in [0.3, 0.4) is 0 Å². The summed E-state index contributed by atoms with van der Waals surface area (Å²) in [6.45, 7) is 3.84. The Bertz CT molecular complexity index is 481. The highest BCUT2D eigenvalue weighted by Crippen LogP contribution is 2.30. The Balaban J connectivity index is 2.25. The Morgan fingerprint density at radius 1 is 1.45 bits per heavy atom. The van der Waals surface area contributed by atoms with E-state index in [0.717, 1.165) is 31.7 Å². The minimum atomic E-state index is -0.337. The number of piperidine rings is 1. The maximum atomic E-state index is 12.1. The molecule has 0 spiro atoms. The molecule has 1 aliphatic rings. The van der Waals surface area contributed by atoms with Gasteiger partial charge in [-0.05, 0) is 35.7 Å². The number of ether oxygens (including phenoxy) is 2. The number of rotatable bonds is 4. The molecule has 6 nitrogen and oxygen atoms in total. The number of carbonyl (C=O) groups excluding carboxylic acids is 1. The average Bonchev–Trinajstić information content (AvgIpc) is 2.74. The number of hydrogen-bond acceptors (Lipinski definition) is 5. The third kappa shape index (κ3) is 2.98. The lowest BCUT2D eigenvalue weighted by molar-refractivity contribution is 0.0525. The van der Waals surface area contributed by atoms with E-state index < -0.39 is 0 Å². The zero-order chi connectivity index (χ0) is 14.7. The lowest BCUT2D eigenvalue weighted by Crippen LogP contribution is -2.38. The third-order valence-electron chi connectivity index (χ3n) is 3.53. The number of halogens is 1.